The van der Waals surface area contributed by atoms with Gasteiger partial charge in [-0.2, -0.15) is 0 Å². The van der Waals surface area contributed by atoms with Crippen LogP contribution in [0.25, 0.3) is 0 Å². The van der Waals surface area contributed by atoms with Gasteiger partial charge in [0.05, 0.1) is 12.5 Å². The number of hydrogen-bond donors (Lipinski definition) is 3. The third kappa shape index (κ3) is 6.73. The minimum Gasteiger partial charge on any atom is -0.356 e. The molecule has 1 saturated carbocycles. The largest absolute Gasteiger partial charge is 0.356 e. The van der Waals surface area contributed by atoms with Crippen LogP contribution >= 0.6 is 11.6 Å². The van der Waals surface area contributed by atoms with Gasteiger partial charge in [-0.05, 0) is 37.0 Å². The molecular weight excluding hydrogens is 524 g/mol. The summed E-state index contributed by atoms with van der Waals surface area (Å²) in [5.74, 6) is -4.59. The lowest BCUT2D eigenvalue weighted by Gasteiger charge is -2.34. The molecule has 38 heavy (non-hydrogen) atoms. The Hall–Kier alpha value is -2.50. The van der Waals surface area contributed by atoms with Crippen LogP contribution in [0, 0.1) is 17.3 Å². The van der Waals surface area contributed by atoms with E-state index < -0.39 is 58.3 Å². The van der Waals surface area contributed by atoms with Gasteiger partial charge in [0, 0.05) is 13.1 Å². The second kappa shape index (κ2) is 11.7. The lowest BCUT2D eigenvalue weighted by Crippen LogP contribution is -2.59. The van der Waals surface area contributed by atoms with Crippen LogP contribution in [0.2, 0.25) is 0 Å². The summed E-state index contributed by atoms with van der Waals surface area (Å²) >= 11 is 5.37. The number of halogens is 3. The number of nitrogens with zero attached hydrogens (tertiary/aromatic N) is 2. The maximum Gasteiger partial charge on any atom is 0.291 e. The van der Waals surface area contributed by atoms with E-state index in [9.17, 15) is 32.8 Å². The first-order valence-electron chi connectivity index (χ1n) is 13.2. The molecule has 13 heteroatoms. The molecule has 0 radical (unpaired) electrons. The van der Waals surface area contributed by atoms with Crippen molar-refractivity contribution in [1.82, 2.24) is 26.0 Å². The third-order valence-corrected chi connectivity index (χ3v) is 7.93. The first-order chi connectivity index (χ1) is 17.7. The molecule has 0 aromatic carbocycles. The molecule has 214 valence electrons. The molecule has 0 aromatic rings. The quantitative estimate of drug-likeness (QED) is 0.275. The molecule has 2 saturated heterocycles. The number of carbonyl (C=O) groups is 5. The predicted octanol–water partition coefficient (Wildman–Crippen LogP) is 1.57. The van der Waals surface area contributed by atoms with Crippen LogP contribution in [-0.2, 0) is 24.0 Å². The summed E-state index contributed by atoms with van der Waals surface area (Å²) in [6.45, 7) is 7.76. The zero-order valence-electron chi connectivity index (χ0n) is 22.3. The number of amides is 5. The number of hydrazine groups is 1. The third-order valence-electron chi connectivity index (χ3n) is 7.74. The predicted molar refractivity (Wildman–Crippen MR) is 135 cm³/mol. The Kier molecular flexibility index (Phi) is 9.26. The van der Waals surface area contributed by atoms with E-state index in [0.29, 0.717) is 30.8 Å². The van der Waals surface area contributed by atoms with Crippen molar-refractivity contribution in [2.24, 2.45) is 17.3 Å². The number of carbonyl (C=O) groups excluding carboxylic acids is 5. The Morgan fingerprint density at radius 3 is 2.34 bits per heavy atom. The van der Waals surface area contributed by atoms with Gasteiger partial charge in [-0.3, -0.25) is 29.4 Å². The van der Waals surface area contributed by atoms with Gasteiger partial charge in [-0.25, -0.2) is 13.8 Å². The monoisotopic (exact) mass is 561 g/mol. The van der Waals surface area contributed by atoms with E-state index in [1.165, 1.54) is 4.90 Å². The van der Waals surface area contributed by atoms with Crippen LogP contribution < -0.4 is 16.1 Å². The molecule has 0 bridgehead atoms. The van der Waals surface area contributed by atoms with Crippen LogP contribution in [0.5, 0.6) is 0 Å². The Labute approximate surface area is 226 Å². The SMILES string of the molecule is CCC(CC)[C@H](NC(=O)C1(F)CC1)C(=O)N1CC(C)(C)C[C@H]1C(=O)NN(C[C@@H]1CCNC1=O)C(=O)[C@H](F)Cl. The van der Waals surface area contributed by atoms with Crippen molar-refractivity contribution in [2.45, 2.75) is 89.6 Å². The first kappa shape index (κ1) is 30.0. The molecule has 3 fully saturated rings. The first-order valence-corrected chi connectivity index (χ1v) is 13.6. The minimum atomic E-state index is -2.44. The highest BCUT2D eigenvalue weighted by Gasteiger charge is 2.53. The van der Waals surface area contributed by atoms with Gasteiger partial charge < -0.3 is 15.5 Å². The molecule has 10 nitrogen and oxygen atoms in total. The Morgan fingerprint density at radius 1 is 1.21 bits per heavy atom. The summed E-state index contributed by atoms with van der Waals surface area (Å²) < 4.78 is 28.2. The van der Waals surface area contributed by atoms with Gasteiger partial charge >= 0.3 is 0 Å². The minimum absolute atomic E-state index is 0.101. The normalized spacial score (nSPS) is 24.9. The van der Waals surface area contributed by atoms with Crippen molar-refractivity contribution >= 4 is 41.1 Å². The zero-order chi connectivity index (χ0) is 28.4. The second-order valence-electron chi connectivity index (χ2n) is 11.3. The Bertz CT molecular complexity index is 956. The van der Waals surface area contributed by atoms with E-state index >= 15 is 0 Å². The highest BCUT2D eigenvalue weighted by atomic mass is 35.5. The van der Waals surface area contributed by atoms with Gasteiger partial charge in [-0.1, -0.05) is 52.1 Å². The Balaban J connectivity index is 1.83. The van der Waals surface area contributed by atoms with Gasteiger partial charge in [-0.15, -0.1) is 0 Å². The van der Waals surface area contributed by atoms with E-state index in [0.717, 1.165) is 0 Å². The molecule has 3 aliphatic rings. The van der Waals surface area contributed by atoms with Gasteiger partial charge in [0.1, 0.15) is 12.1 Å². The highest BCUT2D eigenvalue weighted by Crippen LogP contribution is 2.40. The molecule has 4 atom stereocenters. The molecular formula is C25H38ClF2N5O5. The second-order valence-corrected chi connectivity index (χ2v) is 11.7. The molecule has 5 amide bonds. The number of alkyl halides is 3. The summed E-state index contributed by atoms with van der Waals surface area (Å²) in [5.41, 5.74) is -2.52. The average molecular weight is 562 g/mol. The van der Waals surface area contributed by atoms with Crippen LogP contribution in [0.4, 0.5) is 8.78 Å². The molecule has 3 rings (SSSR count). The number of hydrogen-bond acceptors (Lipinski definition) is 5. The average Bonchev–Trinajstić information content (AvgIpc) is 3.35. The van der Waals surface area contributed by atoms with Gasteiger partial charge in [0.2, 0.25) is 11.8 Å². The maximum atomic E-state index is 14.5. The van der Waals surface area contributed by atoms with Crippen molar-refractivity contribution in [3.63, 3.8) is 0 Å². The van der Waals surface area contributed by atoms with Crippen molar-refractivity contribution < 1.29 is 32.8 Å². The standard InChI is InChI=1S/C25H38ClF2N5O5/c1-5-14(6-2)17(30-23(38)25(28)8-9-25)21(36)32-13-24(3,4)11-16(32)20(35)31-33(22(37)18(26)27)12-15-7-10-29-19(15)34/h14-18H,5-13H2,1-4H3,(H,29,34)(H,30,38)(H,31,35)/t15-,16-,17-,18-/m0/s1. The van der Waals surface area contributed by atoms with Crippen LogP contribution in [0.15, 0.2) is 0 Å². The van der Waals surface area contributed by atoms with Crippen molar-refractivity contribution in [3.8, 4) is 0 Å². The molecule has 0 spiro atoms. The number of nitrogens with one attached hydrogen (secondary N) is 3. The van der Waals surface area contributed by atoms with Crippen LogP contribution in [0.1, 0.15) is 66.2 Å². The van der Waals surface area contributed by atoms with Crippen molar-refractivity contribution in [3.05, 3.63) is 0 Å². The topological polar surface area (TPSA) is 128 Å². The van der Waals surface area contributed by atoms with Gasteiger partial charge in [0.25, 0.3) is 23.4 Å². The maximum absolute atomic E-state index is 14.5. The molecule has 1 aliphatic carbocycles. The molecule has 0 unspecified atom stereocenters. The molecule has 0 aromatic heterocycles. The molecule has 2 aliphatic heterocycles. The fourth-order valence-corrected chi connectivity index (χ4v) is 5.34. The number of rotatable bonds is 10. The molecule has 2 heterocycles. The van der Waals surface area contributed by atoms with E-state index in [2.05, 4.69) is 16.1 Å². The lowest BCUT2D eigenvalue weighted by molar-refractivity contribution is -0.149. The summed E-state index contributed by atoms with van der Waals surface area (Å²) in [4.78, 5) is 65.6. The van der Waals surface area contributed by atoms with E-state index in [4.69, 9.17) is 11.6 Å². The summed E-state index contributed by atoms with van der Waals surface area (Å²) in [6.07, 6.45) is 1.91. The van der Waals surface area contributed by atoms with Gasteiger partial charge in [0.15, 0.2) is 5.67 Å². The Morgan fingerprint density at radius 2 is 1.84 bits per heavy atom. The van der Waals surface area contributed by atoms with Crippen molar-refractivity contribution in [2.75, 3.05) is 19.6 Å². The smallest absolute Gasteiger partial charge is 0.291 e. The summed E-state index contributed by atoms with van der Waals surface area (Å²) in [7, 11) is 0. The zero-order valence-corrected chi connectivity index (χ0v) is 23.1. The van der Waals surface area contributed by atoms with Crippen LogP contribution in [0.3, 0.4) is 0 Å². The van der Waals surface area contributed by atoms with E-state index in [-0.39, 0.29) is 44.2 Å². The van der Waals surface area contributed by atoms with E-state index in [1.807, 2.05) is 27.7 Å². The summed E-state index contributed by atoms with van der Waals surface area (Å²) in [5, 5.41) is 5.92. The van der Waals surface area contributed by atoms with E-state index in [1.54, 1.807) is 0 Å². The fourth-order valence-electron chi connectivity index (χ4n) is 5.22. The lowest BCUT2D eigenvalue weighted by atomic mass is 9.90. The number of likely N-dealkylation sites (tertiary alicyclic amines) is 1. The summed E-state index contributed by atoms with van der Waals surface area (Å²) in [6, 6.07) is -2.08. The van der Waals surface area contributed by atoms with Crippen molar-refractivity contribution in [1.29, 1.82) is 0 Å². The fraction of sp³-hybridized carbons (Fsp3) is 0.800. The molecule has 3 N–H and O–H groups in total. The highest BCUT2D eigenvalue weighted by molar-refractivity contribution is 6.29. The van der Waals surface area contributed by atoms with Crippen LogP contribution in [-0.4, -0.2) is 82.5 Å².